The number of hydrogen-bond donors (Lipinski definition) is 4. The zero-order valence-electron chi connectivity index (χ0n) is 31.8. The van der Waals surface area contributed by atoms with Crippen molar-refractivity contribution in [3.05, 3.63) is 154 Å². The van der Waals surface area contributed by atoms with Crippen LogP contribution in [0.15, 0.2) is 97.3 Å². The van der Waals surface area contributed by atoms with Crippen molar-refractivity contribution in [2.45, 2.75) is 59.8 Å². The van der Waals surface area contributed by atoms with Crippen molar-refractivity contribution in [3.63, 3.8) is 0 Å². The lowest BCUT2D eigenvalue weighted by atomic mass is 10.0. The van der Waals surface area contributed by atoms with E-state index >= 15 is 0 Å². The maximum absolute atomic E-state index is 14.7. The lowest BCUT2D eigenvalue weighted by molar-refractivity contribution is -0.180. The fraction of sp³-hybridized carbons (Fsp3) is 0.200. The summed E-state index contributed by atoms with van der Waals surface area (Å²) in [5.74, 6) is -0.777. The van der Waals surface area contributed by atoms with Gasteiger partial charge in [0.25, 0.3) is 0 Å². The third-order valence-electron chi connectivity index (χ3n) is 9.48. The molecule has 3 heterocycles. The van der Waals surface area contributed by atoms with Gasteiger partial charge in [-0.1, -0.05) is 36.4 Å². The summed E-state index contributed by atoms with van der Waals surface area (Å²) in [5.41, 5.74) is 9.00. The van der Waals surface area contributed by atoms with Crippen LogP contribution in [0.3, 0.4) is 0 Å². The van der Waals surface area contributed by atoms with E-state index in [9.17, 15) is 19.0 Å². The number of aryl methyl sites for hydroxylation is 2. The molecule has 0 radical (unpaired) electrons. The second-order valence-electron chi connectivity index (χ2n) is 13.8. The van der Waals surface area contributed by atoms with Gasteiger partial charge in [-0.05, 0) is 95.8 Å². The number of nitriles is 2. The zero-order chi connectivity index (χ0) is 40.7. The Balaban J connectivity index is 0.000000194. The maximum Gasteiger partial charge on any atom is 0.205 e. The van der Waals surface area contributed by atoms with Gasteiger partial charge in [-0.25, -0.2) is 8.78 Å². The number of ether oxygens (including phenoxy) is 2. The van der Waals surface area contributed by atoms with E-state index in [1.807, 2.05) is 39.0 Å². The number of halogens is 2. The van der Waals surface area contributed by atoms with Gasteiger partial charge in [0.1, 0.15) is 23.1 Å². The van der Waals surface area contributed by atoms with Gasteiger partial charge < -0.3 is 30.3 Å². The van der Waals surface area contributed by atoms with Crippen molar-refractivity contribution in [3.8, 4) is 45.9 Å². The van der Waals surface area contributed by atoms with Gasteiger partial charge >= 0.3 is 0 Å². The molecule has 0 fully saturated rings. The van der Waals surface area contributed by atoms with Crippen LogP contribution in [-0.2, 0) is 31.0 Å². The van der Waals surface area contributed by atoms with Gasteiger partial charge in [-0.3, -0.25) is 9.97 Å². The molecule has 0 spiro atoms. The summed E-state index contributed by atoms with van der Waals surface area (Å²) in [6.45, 7) is 7.98. The van der Waals surface area contributed by atoms with E-state index in [0.29, 0.717) is 58.0 Å². The van der Waals surface area contributed by atoms with Crippen LogP contribution in [0.2, 0.25) is 0 Å². The molecule has 0 atom stereocenters. The van der Waals surface area contributed by atoms with Crippen molar-refractivity contribution in [1.82, 2.24) is 9.97 Å². The predicted molar refractivity (Wildman–Crippen MR) is 213 cm³/mol. The van der Waals surface area contributed by atoms with Gasteiger partial charge in [-0.15, -0.1) is 0 Å². The predicted octanol–water partition coefficient (Wildman–Crippen LogP) is 9.20. The maximum atomic E-state index is 14.7. The highest BCUT2D eigenvalue weighted by Gasteiger charge is 2.30. The molecule has 0 amide bonds. The number of benzene rings is 4. The normalized spacial score (nSPS) is 12.5. The van der Waals surface area contributed by atoms with Crippen LogP contribution in [-0.4, -0.2) is 26.0 Å². The lowest BCUT2D eigenvalue weighted by Crippen LogP contribution is -2.36. The van der Waals surface area contributed by atoms with Crippen LogP contribution in [0.5, 0.6) is 11.5 Å². The first-order chi connectivity index (χ1) is 27.4. The summed E-state index contributed by atoms with van der Waals surface area (Å²) in [5, 5.41) is 43.3. The number of aromatic hydroxyl groups is 1. The summed E-state index contributed by atoms with van der Waals surface area (Å²) in [7, 11) is 0. The van der Waals surface area contributed by atoms with E-state index < -0.39 is 11.6 Å². The number of rotatable bonds is 9. The first-order valence-electron chi connectivity index (χ1n) is 18.0. The third-order valence-corrected chi connectivity index (χ3v) is 9.48. The first-order valence-corrected chi connectivity index (χ1v) is 18.0. The molecule has 0 saturated carbocycles. The molecule has 288 valence electrons. The molecule has 7 rings (SSSR count). The number of aliphatic hydroxyl groups excluding tert-OH is 1. The number of hydrogen-bond acceptors (Lipinski definition) is 10. The van der Waals surface area contributed by atoms with Gasteiger partial charge in [-0.2, -0.15) is 10.5 Å². The SMILES string of the molecule is Cc1ncc(CNc2ccc(-c3ccc(C#N)cc3)cc2F)c(CO)c1O.Cc1ncc(CNc2ccc(-c3ccc(C#N)cc3)cc2F)c2c1OC(C)(C)OC2. The summed E-state index contributed by atoms with van der Waals surface area (Å²) in [6, 6.07) is 28.0. The number of nitrogens with zero attached hydrogens (tertiary/aromatic N) is 4. The monoisotopic (exact) mass is 766 g/mol. The molecule has 12 heteroatoms. The second kappa shape index (κ2) is 17.3. The quantitative estimate of drug-likeness (QED) is 0.112. The third kappa shape index (κ3) is 9.34. The van der Waals surface area contributed by atoms with Crippen molar-refractivity contribution < 1.29 is 28.5 Å². The van der Waals surface area contributed by atoms with Gasteiger partial charge in [0, 0.05) is 50.5 Å². The molecule has 4 aromatic carbocycles. The van der Waals surface area contributed by atoms with Crippen LogP contribution in [0.25, 0.3) is 22.3 Å². The molecule has 0 saturated heterocycles. The van der Waals surface area contributed by atoms with E-state index in [1.165, 1.54) is 12.1 Å². The number of aromatic nitrogens is 2. The molecule has 0 aliphatic carbocycles. The Labute approximate surface area is 329 Å². The van der Waals surface area contributed by atoms with E-state index in [1.54, 1.807) is 73.9 Å². The fourth-order valence-electron chi connectivity index (χ4n) is 6.19. The number of pyridine rings is 2. The Bertz CT molecular complexity index is 2490. The van der Waals surface area contributed by atoms with E-state index in [4.69, 9.17) is 20.0 Å². The largest absolute Gasteiger partial charge is 0.506 e. The standard InChI is InChI=1S/C24H22FN3O2.C21H18FN3O2/c1-15-23-20(14-29-24(2,3)30-23)19(12-27-15)13-28-22-9-8-18(10-21(22)25)17-6-4-16(11-26)5-7-17;1-13-21(27)18(12-26)17(10-24-13)11-25-20-7-6-16(8-19(20)22)15-4-2-14(9-23)3-5-15/h4-10,12,28H,13-14H2,1-3H3;2-8,10,25-27H,11-12H2,1H3. The van der Waals surface area contributed by atoms with Crippen LogP contribution in [0.4, 0.5) is 20.2 Å². The van der Waals surface area contributed by atoms with Gasteiger partial charge in [0.2, 0.25) is 5.79 Å². The highest BCUT2D eigenvalue weighted by molar-refractivity contribution is 5.68. The van der Waals surface area contributed by atoms with Crippen molar-refractivity contribution in [1.29, 1.82) is 10.5 Å². The molecular formula is C45H40F2N6O4. The fourth-order valence-corrected chi connectivity index (χ4v) is 6.19. The summed E-state index contributed by atoms with van der Waals surface area (Å²) < 4.78 is 40.9. The minimum absolute atomic E-state index is 0.0477. The topological polar surface area (TPSA) is 156 Å². The van der Waals surface area contributed by atoms with E-state index in [-0.39, 0.29) is 24.7 Å². The molecule has 2 aromatic heterocycles. The number of aliphatic hydroxyl groups is 1. The molecule has 1 aliphatic rings. The van der Waals surface area contributed by atoms with Gasteiger partial charge in [0.15, 0.2) is 0 Å². The average Bonchev–Trinajstić information content (AvgIpc) is 3.22. The first kappa shape index (κ1) is 39.8. The van der Waals surface area contributed by atoms with Crippen LogP contribution >= 0.6 is 0 Å². The molecule has 4 N–H and O–H groups in total. The second-order valence-corrected chi connectivity index (χ2v) is 13.8. The van der Waals surface area contributed by atoms with Crippen molar-refractivity contribution in [2.24, 2.45) is 0 Å². The molecule has 0 bridgehead atoms. The number of fused-ring (bicyclic) bond motifs is 1. The van der Waals surface area contributed by atoms with Crippen molar-refractivity contribution in [2.75, 3.05) is 10.6 Å². The van der Waals surface area contributed by atoms with Crippen molar-refractivity contribution >= 4 is 11.4 Å². The zero-order valence-corrected chi connectivity index (χ0v) is 31.8. The molecule has 1 aliphatic heterocycles. The van der Waals surface area contributed by atoms with Gasteiger partial charge in [0.05, 0.1) is 59.2 Å². The number of nitrogens with one attached hydrogen (secondary N) is 2. The Kier molecular flexibility index (Phi) is 12.1. The Hall–Kier alpha value is -6.86. The molecule has 57 heavy (non-hydrogen) atoms. The highest BCUT2D eigenvalue weighted by Crippen LogP contribution is 2.36. The van der Waals surface area contributed by atoms with Crippen LogP contribution in [0.1, 0.15) is 58.6 Å². The highest BCUT2D eigenvalue weighted by atomic mass is 19.1. The Morgan fingerprint density at radius 1 is 0.719 bits per heavy atom. The van der Waals surface area contributed by atoms with E-state index in [2.05, 4.69) is 32.7 Å². The van der Waals surface area contributed by atoms with E-state index in [0.717, 1.165) is 39.3 Å². The van der Waals surface area contributed by atoms with Crippen LogP contribution in [0, 0.1) is 48.1 Å². The molecule has 6 aromatic rings. The average molecular weight is 767 g/mol. The minimum Gasteiger partial charge on any atom is -0.506 e. The molecule has 0 unspecified atom stereocenters. The van der Waals surface area contributed by atoms with Crippen LogP contribution < -0.4 is 15.4 Å². The minimum atomic E-state index is -0.696. The summed E-state index contributed by atoms with van der Waals surface area (Å²) in [6.07, 6.45) is 3.33. The molecular weight excluding hydrogens is 727 g/mol. The molecule has 10 nitrogen and oxygen atoms in total. The smallest absolute Gasteiger partial charge is 0.205 e. The summed E-state index contributed by atoms with van der Waals surface area (Å²) >= 11 is 0. The Morgan fingerprint density at radius 2 is 1.19 bits per heavy atom. The number of anilines is 2. The Morgan fingerprint density at radius 3 is 1.68 bits per heavy atom. The summed E-state index contributed by atoms with van der Waals surface area (Å²) in [4.78, 5) is 8.50. The lowest BCUT2D eigenvalue weighted by Gasteiger charge is -2.34.